The molecule has 0 aromatic rings. The Morgan fingerprint density at radius 2 is 2.14 bits per heavy atom. The largest absolute Gasteiger partial charge is 0.303 e. The molecule has 1 heteroatoms. The maximum atomic E-state index is 10.0. The monoisotopic (exact) mass is 99.1 g/mol. The van der Waals surface area contributed by atoms with Gasteiger partial charge in [-0.15, -0.1) is 0 Å². The third-order valence-electron chi connectivity index (χ3n) is 0.963. The van der Waals surface area contributed by atoms with Crippen molar-refractivity contribution in [1.29, 1.82) is 0 Å². The summed E-state index contributed by atoms with van der Waals surface area (Å²) in [4.78, 5) is 10.0. The number of carbonyl (C=O) groups is 1. The van der Waals surface area contributed by atoms with Gasteiger partial charge in [0, 0.05) is 5.41 Å². The van der Waals surface area contributed by atoms with Gasteiger partial charge >= 0.3 is 0 Å². The molecule has 0 saturated carbocycles. The van der Waals surface area contributed by atoms with E-state index in [9.17, 15) is 4.79 Å². The van der Waals surface area contributed by atoms with E-state index >= 15 is 0 Å². The summed E-state index contributed by atoms with van der Waals surface area (Å²) >= 11 is 0. The first-order valence-electron chi connectivity index (χ1n) is 2.38. The summed E-state index contributed by atoms with van der Waals surface area (Å²) in [5, 5.41) is 0. The van der Waals surface area contributed by atoms with Gasteiger partial charge in [0.05, 0.1) is 0 Å². The molecule has 0 aromatic carbocycles. The molecule has 0 bridgehead atoms. The Bertz CT molecular complexity index is 64.6. The maximum Gasteiger partial charge on any atom is 0.125 e. The standard InChI is InChI=1S/C6H11O/c1-4-6(2,3)5-7/h5H,1,4H2,2-3H3. The van der Waals surface area contributed by atoms with Gasteiger partial charge < -0.3 is 4.79 Å². The van der Waals surface area contributed by atoms with Gasteiger partial charge in [0.2, 0.25) is 0 Å². The van der Waals surface area contributed by atoms with Crippen LogP contribution in [0.5, 0.6) is 0 Å². The Kier molecular flexibility index (Phi) is 2.00. The fourth-order valence-corrected chi connectivity index (χ4v) is 0.0589. The molecule has 0 fully saturated rings. The van der Waals surface area contributed by atoms with Crippen molar-refractivity contribution >= 4 is 6.29 Å². The molecule has 41 valence electrons. The van der Waals surface area contributed by atoms with Crippen LogP contribution in [0.25, 0.3) is 0 Å². The molecule has 0 heterocycles. The van der Waals surface area contributed by atoms with Gasteiger partial charge in [-0.05, 0) is 6.42 Å². The highest BCUT2D eigenvalue weighted by atomic mass is 16.1. The SMILES string of the molecule is [CH2]CC(C)(C)C=O. The van der Waals surface area contributed by atoms with Crippen LogP contribution < -0.4 is 0 Å². The highest BCUT2D eigenvalue weighted by molar-refractivity contribution is 5.57. The summed E-state index contributed by atoms with van der Waals surface area (Å²) in [5.41, 5.74) is -0.208. The quantitative estimate of drug-likeness (QED) is 0.479. The lowest BCUT2D eigenvalue weighted by Gasteiger charge is -2.10. The van der Waals surface area contributed by atoms with E-state index in [0.29, 0.717) is 6.42 Å². The van der Waals surface area contributed by atoms with Gasteiger partial charge in [-0.1, -0.05) is 20.8 Å². The summed E-state index contributed by atoms with van der Waals surface area (Å²) in [6.07, 6.45) is 1.61. The smallest absolute Gasteiger partial charge is 0.125 e. The van der Waals surface area contributed by atoms with Crippen LogP contribution in [0.4, 0.5) is 0 Å². The average molecular weight is 99.2 g/mol. The summed E-state index contributed by atoms with van der Waals surface area (Å²) < 4.78 is 0. The predicted octanol–water partition coefficient (Wildman–Crippen LogP) is 1.44. The van der Waals surface area contributed by atoms with Crippen molar-refractivity contribution in [2.45, 2.75) is 20.3 Å². The molecule has 1 radical (unpaired) electrons. The lowest BCUT2D eigenvalue weighted by Crippen LogP contribution is -2.09. The zero-order valence-corrected chi connectivity index (χ0v) is 4.90. The van der Waals surface area contributed by atoms with Crippen LogP contribution in [0.3, 0.4) is 0 Å². The lowest BCUT2D eigenvalue weighted by atomic mass is 9.93. The Morgan fingerprint density at radius 1 is 1.71 bits per heavy atom. The van der Waals surface area contributed by atoms with E-state index in [0.717, 1.165) is 6.29 Å². The van der Waals surface area contributed by atoms with Gasteiger partial charge in [0.15, 0.2) is 0 Å². The molecule has 0 rings (SSSR count). The van der Waals surface area contributed by atoms with Crippen molar-refractivity contribution in [2.24, 2.45) is 5.41 Å². The molecule has 0 N–H and O–H groups in total. The second-order valence-electron chi connectivity index (χ2n) is 2.36. The summed E-state index contributed by atoms with van der Waals surface area (Å²) in [7, 11) is 0. The first-order chi connectivity index (χ1) is 3.12. The summed E-state index contributed by atoms with van der Waals surface area (Å²) in [6, 6.07) is 0. The Labute approximate surface area is 44.7 Å². The van der Waals surface area contributed by atoms with Gasteiger partial charge in [-0.25, -0.2) is 0 Å². The van der Waals surface area contributed by atoms with Crippen molar-refractivity contribution < 1.29 is 4.79 Å². The van der Waals surface area contributed by atoms with E-state index in [1.165, 1.54) is 0 Å². The number of hydrogen-bond donors (Lipinski definition) is 0. The van der Waals surface area contributed by atoms with Crippen molar-refractivity contribution in [3.8, 4) is 0 Å². The molecule has 0 aliphatic carbocycles. The van der Waals surface area contributed by atoms with Crippen molar-refractivity contribution in [1.82, 2.24) is 0 Å². The van der Waals surface area contributed by atoms with Crippen molar-refractivity contribution in [3.05, 3.63) is 6.92 Å². The molecular formula is C6H11O. The summed E-state index contributed by atoms with van der Waals surface area (Å²) in [5.74, 6) is 0. The number of hydrogen-bond acceptors (Lipinski definition) is 1. The molecule has 7 heavy (non-hydrogen) atoms. The van der Waals surface area contributed by atoms with Crippen LogP contribution in [0.1, 0.15) is 20.3 Å². The minimum absolute atomic E-state index is 0.208. The van der Waals surface area contributed by atoms with E-state index in [1.54, 1.807) is 0 Å². The molecular weight excluding hydrogens is 88.1 g/mol. The van der Waals surface area contributed by atoms with Gasteiger partial charge in [-0.3, -0.25) is 0 Å². The van der Waals surface area contributed by atoms with Gasteiger partial charge in [-0.2, -0.15) is 0 Å². The fourth-order valence-electron chi connectivity index (χ4n) is 0.0589. The second kappa shape index (κ2) is 2.10. The first-order valence-corrected chi connectivity index (χ1v) is 2.38. The van der Waals surface area contributed by atoms with Crippen molar-refractivity contribution in [2.75, 3.05) is 0 Å². The van der Waals surface area contributed by atoms with Crippen LogP contribution in [-0.2, 0) is 4.79 Å². The molecule has 0 aliphatic rings. The van der Waals surface area contributed by atoms with Crippen LogP contribution >= 0.6 is 0 Å². The first kappa shape index (κ1) is 6.67. The number of aldehydes is 1. The van der Waals surface area contributed by atoms with E-state index in [4.69, 9.17) is 0 Å². The average Bonchev–Trinajstić information content (AvgIpc) is 1.68. The highest BCUT2D eigenvalue weighted by Crippen LogP contribution is 2.13. The van der Waals surface area contributed by atoms with Crippen LogP contribution in [0.2, 0.25) is 0 Å². The third-order valence-corrected chi connectivity index (χ3v) is 0.963. The molecule has 0 aromatic heterocycles. The Balaban J connectivity index is 3.58. The molecule has 0 atom stereocenters. The van der Waals surface area contributed by atoms with Crippen LogP contribution in [0, 0.1) is 12.3 Å². The van der Waals surface area contributed by atoms with Crippen LogP contribution in [-0.4, -0.2) is 6.29 Å². The van der Waals surface area contributed by atoms with E-state index in [1.807, 2.05) is 13.8 Å². The zero-order chi connectivity index (χ0) is 5.91. The molecule has 0 saturated heterocycles. The lowest BCUT2D eigenvalue weighted by molar-refractivity contribution is -0.114. The van der Waals surface area contributed by atoms with E-state index < -0.39 is 0 Å². The normalized spacial score (nSPS) is 11.3. The molecule has 0 aliphatic heterocycles. The fraction of sp³-hybridized carbons (Fsp3) is 0.667. The second-order valence-corrected chi connectivity index (χ2v) is 2.36. The minimum Gasteiger partial charge on any atom is -0.303 e. The van der Waals surface area contributed by atoms with Gasteiger partial charge in [0.1, 0.15) is 6.29 Å². The molecule has 1 nitrogen and oxygen atoms in total. The molecule has 0 amide bonds. The number of carbonyl (C=O) groups excluding carboxylic acids is 1. The predicted molar refractivity (Wildman–Crippen MR) is 29.8 cm³/mol. The van der Waals surface area contributed by atoms with E-state index in [2.05, 4.69) is 6.92 Å². The Morgan fingerprint density at radius 3 is 2.14 bits per heavy atom. The van der Waals surface area contributed by atoms with Crippen LogP contribution in [0.15, 0.2) is 0 Å². The highest BCUT2D eigenvalue weighted by Gasteiger charge is 2.11. The number of rotatable bonds is 2. The zero-order valence-electron chi connectivity index (χ0n) is 4.90. The third kappa shape index (κ3) is 2.38. The van der Waals surface area contributed by atoms with E-state index in [-0.39, 0.29) is 5.41 Å². The Hall–Kier alpha value is -0.330. The topological polar surface area (TPSA) is 17.1 Å². The summed E-state index contributed by atoms with van der Waals surface area (Å²) in [6.45, 7) is 7.33. The molecule has 0 unspecified atom stereocenters. The van der Waals surface area contributed by atoms with Crippen molar-refractivity contribution in [3.63, 3.8) is 0 Å². The molecule has 0 spiro atoms. The maximum absolute atomic E-state index is 10.0. The minimum atomic E-state index is -0.208. The van der Waals surface area contributed by atoms with Gasteiger partial charge in [0.25, 0.3) is 0 Å².